The van der Waals surface area contributed by atoms with Crippen LogP contribution in [-0.2, 0) is 20.9 Å². The van der Waals surface area contributed by atoms with E-state index in [1.807, 2.05) is 36.2 Å². The number of amides is 1. The summed E-state index contributed by atoms with van der Waals surface area (Å²) in [6.45, 7) is 3.44. The topological polar surface area (TPSA) is 59.1 Å². The molecule has 1 aromatic carbocycles. The van der Waals surface area contributed by atoms with Crippen LogP contribution in [0.2, 0.25) is 0 Å². The Morgan fingerprint density at radius 3 is 2.30 bits per heavy atom. The molecule has 1 fully saturated rings. The van der Waals surface area contributed by atoms with Gasteiger partial charge in [-0.05, 0) is 24.7 Å². The third-order valence-electron chi connectivity index (χ3n) is 3.96. The third-order valence-corrected chi connectivity index (χ3v) is 3.96. The SMILES string of the molecule is COc1ccc(COC(=O)CCC(=O)N2CCN(C)CC2)cc1. The summed E-state index contributed by atoms with van der Waals surface area (Å²) in [7, 11) is 3.64. The molecule has 0 bridgehead atoms. The Morgan fingerprint density at radius 2 is 1.70 bits per heavy atom. The molecule has 6 nitrogen and oxygen atoms in total. The highest BCUT2D eigenvalue weighted by molar-refractivity contribution is 5.81. The fraction of sp³-hybridized carbons (Fsp3) is 0.529. The van der Waals surface area contributed by atoms with Gasteiger partial charge in [-0.2, -0.15) is 0 Å². The minimum Gasteiger partial charge on any atom is -0.497 e. The van der Waals surface area contributed by atoms with Gasteiger partial charge in [0.1, 0.15) is 12.4 Å². The number of carbonyl (C=O) groups is 2. The second kappa shape index (κ2) is 8.53. The monoisotopic (exact) mass is 320 g/mol. The van der Waals surface area contributed by atoms with Crippen LogP contribution in [0.5, 0.6) is 5.75 Å². The molecule has 1 aliphatic heterocycles. The highest BCUT2D eigenvalue weighted by Crippen LogP contribution is 2.12. The molecule has 0 saturated carbocycles. The fourth-order valence-electron chi connectivity index (χ4n) is 2.38. The van der Waals surface area contributed by atoms with Gasteiger partial charge in [0, 0.05) is 32.6 Å². The van der Waals surface area contributed by atoms with Gasteiger partial charge in [-0.25, -0.2) is 0 Å². The van der Waals surface area contributed by atoms with Crippen molar-refractivity contribution in [2.24, 2.45) is 0 Å². The maximum Gasteiger partial charge on any atom is 0.306 e. The van der Waals surface area contributed by atoms with E-state index in [1.54, 1.807) is 7.11 Å². The zero-order chi connectivity index (χ0) is 16.7. The fourth-order valence-corrected chi connectivity index (χ4v) is 2.38. The van der Waals surface area contributed by atoms with E-state index in [-0.39, 0.29) is 31.3 Å². The molecule has 0 aromatic heterocycles. The Bertz CT molecular complexity index is 522. The molecule has 0 radical (unpaired) electrons. The van der Waals surface area contributed by atoms with E-state index >= 15 is 0 Å². The lowest BCUT2D eigenvalue weighted by atomic mass is 10.2. The van der Waals surface area contributed by atoms with E-state index in [0.717, 1.165) is 37.5 Å². The van der Waals surface area contributed by atoms with Crippen molar-refractivity contribution in [1.29, 1.82) is 0 Å². The Kier molecular flexibility index (Phi) is 6.40. The van der Waals surface area contributed by atoms with Crippen molar-refractivity contribution in [3.8, 4) is 5.75 Å². The van der Waals surface area contributed by atoms with Crippen molar-refractivity contribution in [2.45, 2.75) is 19.4 Å². The van der Waals surface area contributed by atoms with E-state index in [2.05, 4.69) is 4.90 Å². The van der Waals surface area contributed by atoms with Crippen molar-refractivity contribution in [1.82, 2.24) is 9.80 Å². The quantitative estimate of drug-likeness (QED) is 0.739. The van der Waals surface area contributed by atoms with Crippen molar-refractivity contribution in [3.05, 3.63) is 29.8 Å². The lowest BCUT2D eigenvalue weighted by Gasteiger charge is -2.32. The predicted molar refractivity (Wildman–Crippen MR) is 86.1 cm³/mol. The second-order valence-electron chi connectivity index (χ2n) is 5.69. The van der Waals surface area contributed by atoms with Gasteiger partial charge in [-0.3, -0.25) is 9.59 Å². The number of hydrogen-bond acceptors (Lipinski definition) is 5. The number of ether oxygens (including phenoxy) is 2. The molecule has 0 N–H and O–H groups in total. The first-order valence-electron chi connectivity index (χ1n) is 7.83. The van der Waals surface area contributed by atoms with Gasteiger partial charge < -0.3 is 19.3 Å². The average Bonchev–Trinajstić information content (AvgIpc) is 2.59. The van der Waals surface area contributed by atoms with Crippen LogP contribution in [0.3, 0.4) is 0 Å². The van der Waals surface area contributed by atoms with E-state index in [9.17, 15) is 9.59 Å². The molecule has 1 heterocycles. The van der Waals surface area contributed by atoms with Crippen molar-refractivity contribution < 1.29 is 19.1 Å². The summed E-state index contributed by atoms with van der Waals surface area (Å²) in [4.78, 5) is 27.8. The molecule has 126 valence electrons. The van der Waals surface area contributed by atoms with E-state index in [0.29, 0.717) is 0 Å². The van der Waals surface area contributed by atoms with Crippen molar-refractivity contribution >= 4 is 11.9 Å². The van der Waals surface area contributed by atoms with Gasteiger partial charge in [0.25, 0.3) is 0 Å². The summed E-state index contributed by atoms with van der Waals surface area (Å²) in [6, 6.07) is 7.34. The van der Waals surface area contributed by atoms with Crippen LogP contribution in [-0.4, -0.2) is 62.0 Å². The number of piperazine rings is 1. The normalized spacial score (nSPS) is 15.3. The van der Waals surface area contributed by atoms with Crippen LogP contribution in [0.25, 0.3) is 0 Å². The van der Waals surface area contributed by atoms with E-state index < -0.39 is 0 Å². The van der Waals surface area contributed by atoms with Crippen molar-refractivity contribution in [2.75, 3.05) is 40.3 Å². The summed E-state index contributed by atoms with van der Waals surface area (Å²) in [6.07, 6.45) is 0.340. The maximum atomic E-state index is 12.0. The number of esters is 1. The first kappa shape index (κ1) is 17.3. The van der Waals surface area contributed by atoms with Gasteiger partial charge in [0.2, 0.25) is 5.91 Å². The minimum atomic E-state index is -0.344. The van der Waals surface area contributed by atoms with Crippen LogP contribution >= 0.6 is 0 Å². The highest BCUT2D eigenvalue weighted by atomic mass is 16.5. The molecule has 1 aliphatic rings. The standard InChI is InChI=1S/C17H24N2O4/c1-18-9-11-19(12-10-18)16(20)7-8-17(21)23-13-14-3-5-15(22-2)6-4-14/h3-6H,7-13H2,1-2H3. The summed E-state index contributed by atoms with van der Waals surface area (Å²) >= 11 is 0. The van der Waals surface area contributed by atoms with Crippen molar-refractivity contribution in [3.63, 3.8) is 0 Å². The Hall–Kier alpha value is -2.08. The van der Waals surface area contributed by atoms with E-state index in [1.165, 1.54) is 0 Å². The summed E-state index contributed by atoms with van der Waals surface area (Å²) in [5.74, 6) is 0.445. The average molecular weight is 320 g/mol. The third kappa shape index (κ3) is 5.56. The highest BCUT2D eigenvalue weighted by Gasteiger charge is 2.19. The minimum absolute atomic E-state index is 0.0273. The summed E-state index contributed by atoms with van der Waals surface area (Å²) in [5, 5.41) is 0. The van der Waals surface area contributed by atoms with Gasteiger partial charge in [0.05, 0.1) is 13.5 Å². The Balaban J connectivity index is 1.67. The molecular weight excluding hydrogens is 296 g/mol. The van der Waals surface area contributed by atoms with Crippen LogP contribution < -0.4 is 4.74 Å². The van der Waals surface area contributed by atoms with E-state index in [4.69, 9.17) is 9.47 Å². The predicted octanol–water partition coefficient (Wildman–Crippen LogP) is 1.29. The molecule has 6 heteroatoms. The number of benzene rings is 1. The molecule has 0 spiro atoms. The largest absolute Gasteiger partial charge is 0.497 e. The number of likely N-dealkylation sites (N-methyl/N-ethyl adjacent to an activating group) is 1. The number of hydrogen-bond donors (Lipinski definition) is 0. The van der Waals surface area contributed by atoms with Crippen LogP contribution in [0.15, 0.2) is 24.3 Å². The molecule has 0 aliphatic carbocycles. The van der Waals surface area contributed by atoms with Gasteiger partial charge in [-0.1, -0.05) is 12.1 Å². The second-order valence-corrected chi connectivity index (χ2v) is 5.69. The molecule has 0 atom stereocenters. The van der Waals surface area contributed by atoms with Crippen LogP contribution in [0.4, 0.5) is 0 Å². The van der Waals surface area contributed by atoms with Crippen LogP contribution in [0.1, 0.15) is 18.4 Å². The number of rotatable bonds is 6. The smallest absolute Gasteiger partial charge is 0.306 e. The first-order valence-corrected chi connectivity index (χ1v) is 7.83. The number of carbonyl (C=O) groups excluding carboxylic acids is 2. The summed E-state index contributed by atoms with van der Waals surface area (Å²) < 4.78 is 10.3. The lowest BCUT2D eigenvalue weighted by Crippen LogP contribution is -2.47. The molecule has 1 saturated heterocycles. The zero-order valence-electron chi connectivity index (χ0n) is 13.8. The lowest BCUT2D eigenvalue weighted by molar-refractivity contribution is -0.147. The first-order chi connectivity index (χ1) is 11.1. The van der Waals surface area contributed by atoms with Crippen LogP contribution in [0, 0.1) is 0 Å². The zero-order valence-corrected chi connectivity index (χ0v) is 13.8. The molecule has 0 unspecified atom stereocenters. The summed E-state index contributed by atoms with van der Waals surface area (Å²) in [5.41, 5.74) is 0.893. The Morgan fingerprint density at radius 1 is 1.04 bits per heavy atom. The molecule has 1 amide bonds. The molecule has 1 aromatic rings. The number of nitrogens with zero attached hydrogens (tertiary/aromatic N) is 2. The molecule has 23 heavy (non-hydrogen) atoms. The van der Waals surface area contributed by atoms with Gasteiger partial charge >= 0.3 is 5.97 Å². The van der Waals surface area contributed by atoms with Gasteiger partial charge in [0.15, 0.2) is 0 Å². The molecule has 2 rings (SSSR count). The maximum absolute atomic E-state index is 12.0. The van der Waals surface area contributed by atoms with Gasteiger partial charge in [-0.15, -0.1) is 0 Å². The Labute approximate surface area is 137 Å². The number of methoxy groups -OCH3 is 1. The molecular formula is C17H24N2O4.